The van der Waals surface area contributed by atoms with Crippen molar-refractivity contribution < 1.29 is 14.0 Å². The first-order valence-electron chi connectivity index (χ1n) is 9.84. The lowest BCUT2D eigenvalue weighted by Crippen LogP contribution is -2.27. The van der Waals surface area contributed by atoms with Crippen LogP contribution >= 0.6 is 0 Å². The molecule has 148 valence electrons. The normalized spacial score (nSPS) is 13.4. The van der Waals surface area contributed by atoms with Gasteiger partial charge in [-0.2, -0.15) is 0 Å². The summed E-state index contributed by atoms with van der Waals surface area (Å²) < 4.78 is 5.51. The van der Waals surface area contributed by atoms with E-state index in [1.807, 2.05) is 59.5 Å². The van der Waals surface area contributed by atoms with Gasteiger partial charge in [0.2, 0.25) is 11.8 Å². The van der Waals surface area contributed by atoms with Crippen molar-refractivity contribution in [3.8, 4) is 11.5 Å². The number of likely N-dealkylation sites (tertiary alicyclic amines) is 1. The van der Waals surface area contributed by atoms with Crippen molar-refractivity contribution in [2.75, 3.05) is 13.1 Å². The molecule has 0 bridgehead atoms. The van der Waals surface area contributed by atoms with Crippen molar-refractivity contribution >= 4 is 11.8 Å². The predicted molar refractivity (Wildman–Crippen MR) is 109 cm³/mol. The minimum absolute atomic E-state index is 0.0157. The van der Waals surface area contributed by atoms with Gasteiger partial charge in [0.05, 0.1) is 6.42 Å². The fourth-order valence-electron chi connectivity index (χ4n) is 3.40. The zero-order chi connectivity index (χ0) is 20.1. The molecule has 0 spiro atoms. The lowest BCUT2D eigenvalue weighted by Gasteiger charge is -2.12. The number of amides is 2. The van der Waals surface area contributed by atoms with Crippen LogP contribution in [0.15, 0.2) is 65.3 Å². The number of carbonyl (C=O) groups is 2. The van der Waals surface area contributed by atoms with Crippen molar-refractivity contribution in [1.29, 1.82) is 0 Å². The number of hydrogen-bond acceptors (Lipinski definition) is 4. The van der Waals surface area contributed by atoms with E-state index in [0.29, 0.717) is 24.6 Å². The first-order chi connectivity index (χ1) is 14.2. The molecule has 0 saturated carbocycles. The SMILES string of the molecule is O=C(Cc1ccccc1)NCc1ccc(-c2nc(C(=O)N3CCCC3)co2)cc1. The van der Waals surface area contributed by atoms with Gasteiger partial charge in [0.1, 0.15) is 6.26 Å². The smallest absolute Gasteiger partial charge is 0.275 e. The van der Waals surface area contributed by atoms with Crippen LogP contribution < -0.4 is 5.32 Å². The lowest BCUT2D eigenvalue weighted by atomic mass is 10.1. The van der Waals surface area contributed by atoms with Crippen molar-refractivity contribution in [3.63, 3.8) is 0 Å². The highest BCUT2D eigenvalue weighted by Gasteiger charge is 2.22. The minimum atomic E-state index is -0.0738. The Morgan fingerprint density at radius 1 is 0.966 bits per heavy atom. The van der Waals surface area contributed by atoms with Crippen molar-refractivity contribution in [2.45, 2.75) is 25.8 Å². The molecule has 1 N–H and O–H groups in total. The van der Waals surface area contributed by atoms with E-state index in [9.17, 15) is 9.59 Å². The summed E-state index contributed by atoms with van der Waals surface area (Å²) in [6.45, 7) is 2.02. The highest BCUT2D eigenvalue weighted by atomic mass is 16.3. The van der Waals surface area contributed by atoms with Crippen molar-refractivity contribution in [3.05, 3.63) is 77.7 Å². The molecule has 0 radical (unpaired) electrons. The molecule has 0 atom stereocenters. The van der Waals surface area contributed by atoms with Gasteiger partial charge in [-0.25, -0.2) is 4.98 Å². The molecule has 0 unspecified atom stereocenters. The van der Waals surface area contributed by atoms with Crippen LogP contribution in [0.4, 0.5) is 0 Å². The van der Waals surface area contributed by atoms with Crippen LogP contribution in [0, 0.1) is 0 Å². The van der Waals surface area contributed by atoms with Crippen LogP contribution in [0.3, 0.4) is 0 Å². The van der Waals surface area contributed by atoms with Gasteiger partial charge >= 0.3 is 0 Å². The molecule has 6 heteroatoms. The number of oxazole rings is 1. The molecule has 4 rings (SSSR count). The minimum Gasteiger partial charge on any atom is -0.444 e. The van der Waals surface area contributed by atoms with Gasteiger partial charge in [0, 0.05) is 25.2 Å². The van der Waals surface area contributed by atoms with Gasteiger partial charge < -0.3 is 14.6 Å². The molecule has 1 aliphatic heterocycles. The second kappa shape index (κ2) is 8.73. The fourth-order valence-corrected chi connectivity index (χ4v) is 3.40. The molecule has 2 heterocycles. The Morgan fingerprint density at radius 3 is 2.41 bits per heavy atom. The van der Waals surface area contributed by atoms with Crippen molar-refractivity contribution in [1.82, 2.24) is 15.2 Å². The van der Waals surface area contributed by atoms with E-state index in [4.69, 9.17) is 4.42 Å². The second-order valence-corrected chi connectivity index (χ2v) is 7.17. The number of aromatic nitrogens is 1. The highest BCUT2D eigenvalue weighted by Crippen LogP contribution is 2.21. The quantitative estimate of drug-likeness (QED) is 0.701. The standard InChI is InChI=1S/C23H23N3O3/c27-21(14-17-6-2-1-3-7-17)24-15-18-8-10-19(11-9-18)22-25-20(16-29-22)23(28)26-12-4-5-13-26/h1-3,6-11,16H,4-5,12-15H2,(H,24,27). The van der Waals surface area contributed by atoms with Crippen LogP contribution in [-0.2, 0) is 17.8 Å². The Hall–Kier alpha value is -3.41. The maximum atomic E-state index is 12.4. The average molecular weight is 389 g/mol. The summed E-state index contributed by atoms with van der Waals surface area (Å²) in [7, 11) is 0. The third kappa shape index (κ3) is 4.71. The summed E-state index contributed by atoms with van der Waals surface area (Å²) in [5, 5.41) is 2.93. The van der Waals surface area contributed by atoms with Gasteiger partial charge in [-0.15, -0.1) is 0 Å². The van der Waals surface area contributed by atoms with Crippen LogP contribution in [0.25, 0.3) is 11.5 Å². The first kappa shape index (κ1) is 18.9. The number of hydrogen-bond donors (Lipinski definition) is 1. The zero-order valence-corrected chi connectivity index (χ0v) is 16.1. The van der Waals surface area contributed by atoms with E-state index in [-0.39, 0.29) is 11.8 Å². The van der Waals surface area contributed by atoms with Gasteiger partial charge in [-0.1, -0.05) is 42.5 Å². The largest absolute Gasteiger partial charge is 0.444 e. The van der Waals surface area contributed by atoms with E-state index >= 15 is 0 Å². The molecule has 2 amide bonds. The third-order valence-corrected chi connectivity index (χ3v) is 5.01. The fraction of sp³-hybridized carbons (Fsp3) is 0.261. The van der Waals surface area contributed by atoms with Gasteiger partial charge in [-0.05, 0) is 36.1 Å². The summed E-state index contributed by atoms with van der Waals surface area (Å²) in [6.07, 6.45) is 3.87. The number of nitrogens with one attached hydrogen (secondary N) is 1. The summed E-state index contributed by atoms with van der Waals surface area (Å²) in [6, 6.07) is 17.3. The van der Waals surface area contributed by atoms with Gasteiger partial charge in [0.25, 0.3) is 5.91 Å². The van der Waals surface area contributed by atoms with E-state index < -0.39 is 0 Å². The molecule has 1 saturated heterocycles. The van der Waals surface area contributed by atoms with E-state index in [2.05, 4.69) is 10.3 Å². The summed E-state index contributed by atoms with van der Waals surface area (Å²) in [5.41, 5.74) is 3.11. The Balaban J connectivity index is 1.33. The molecule has 2 aromatic carbocycles. The molecular formula is C23H23N3O3. The molecule has 1 fully saturated rings. The third-order valence-electron chi connectivity index (χ3n) is 5.01. The maximum absolute atomic E-state index is 12.4. The summed E-state index contributed by atoms with van der Waals surface area (Å²) in [4.78, 5) is 30.6. The van der Waals surface area contributed by atoms with Gasteiger partial charge in [-0.3, -0.25) is 9.59 Å². The van der Waals surface area contributed by atoms with Crippen LogP contribution in [0.2, 0.25) is 0 Å². The van der Waals surface area contributed by atoms with E-state index in [1.54, 1.807) is 0 Å². The first-order valence-corrected chi connectivity index (χ1v) is 9.84. The average Bonchev–Trinajstić information content (AvgIpc) is 3.45. The maximum Gasteiger partial charge on any atom is 0.275 e. The zero-order valence-electron chi connectivity index (χ0n) is 16.1. The summed E-state index contributed by atoms with van der Waals surface area (Å²) >= 11 is 0. The molecule has 1 aliphatic rings. The summed E-state index contributed by atoms with van der Waals surface area (Å²) in [5.74, 6) is 0.334. The molecule has 3 aromatic rings. The van der Waals surface area contributed by atoms with E-state index in [0.717, 1.165) is 42.6 Å². The van der Waals surface area contributed by atoms with Crippen molar-refractivity contribution in [2.24, 2.45) is 0 Å². The number of carbonyl (C=O) groups excluding carboxylic acids is 2. The topological polar surface area (TPSA) is 75.4 Å². The molecule has 1 aromatic heterocycles. The Bertz CT molecular complexity index is 974. The van der Waals surface area contributed by atoms with Crippen LogP contribution in [-0.4, -0.2) is 34.8 Å². The highest BCUT2D eigenvalue weighted by molar-refractivity contribution is 5.92. The van der Waals surface area contributed by atoms with Crippen LogP contribution in [0.1, 0.15) is 34.5 Å². The Kier molecular flexibility index (Phi) is 5.70. The van der Waals surface area contributed by atoms with Gasteiger partial charge in [0.15, 0.2) is 5.69 Å². The number of nitrogens with zero attached hydrogens (tertiary/aromatic N) is 2. The van der Waals surface area contributed by atoms with E-state index in [1.165, 1.54) is 6.26 Å². The second-order valence-electron chi connectivity index (χ2n) is 7.17. The van der Waals surface area contributed by atoms with Crippen LogP contribution in [0.5, 0.6) is 0 Å². The monoisotopic (exact) mass is 389 g/mol. The Labute approximate surface area is 169 Å². The number of benzene rings is 2. The predicted octanol–water partition coefficient (Wildman–Crippen LogP) is 3.44. The number of rotatable bonds is 6. The molecule has 29 heavy (non-hydrogen) atoms. The Morgan fingerprint density at radius 2 is 1.69 bits per heavy atom. The molecule has 0 aliphatic carbocycles. The molecular weight excluding hydrogens is 366 g/mol. The lowest BCUT2D eigenvalue weighted by molar-refractivity contribution is -0.120. The molecule has 6 nitrogen and oxygen atoms in total.